The van der Waals surface area contributed by atoms with Gasteiger partial charge in [0.15, 0.2) is 11.5 Å². The van der Waals surface area contributed by atoms with E-state index in [-0.39, 0.29) is 34.8 Å². The van der Waals surface area contributed by atoms with Crippen LogP contribution in [0.25, 0.3) is 11.3 Å². The third kappa shape index (κ3) is 3.29. The lowest BCUT2D eigenvalue weighted by atomic mass is 9.99. The van der Waals surface area contributed by atoms with Crippen LogP contribution in [0.4, 0.5) is 0 Å². The second kappa shape index (κ2) is 6.44. The van der Waals surface area contributed by atoms with E-state index in [0.29, 0.717) is 5.56 Å². The van der Waals surface area contributed by atoms with Crippen molar-refractivity contribution in [3.63, 3.8) is 0 Å². The average Bonchev–Trinajstić information content (AvgIpc) is 2.92. The van der Waals surface area contributed by atoms with Crippen LogP contribution in [0, 0.1) is 13.8 Å². The molecule has 0 saturated carbocycles. The number of carbonyl (C=O) groups is 2. The molecule has 118 valence electrons. The second-order valence-electron chi connectivity index (χ2n) is 5.26. The van der Waals surface area contributed by atoms with Gasteiger partial charge in [0, 0.05) is 11.1 Å². The Balaban J connectivity index is 2.48. The molecule has 0 radical (unpaired) electrons. The second-order valence-corrected chi connectivity index (χ2v) is 5.26. The fourth-order valence-electron chi connectivity index (χ4n) is 2.12. The molecular weight excluding hydrogens is 294 g/mol. The molecular formula is C18H17NO4. The smallest absolute Gasteiger partial charge is 0.341 e. The number of aromatic carboxylic acids is 1. The molecule has 1 aromatic heterocycles. The van der Waals surface area contributed by atoms with Crippen molar-refractivity contribution in [1.82, 2.24) is 5.16 Å². The normalized spacial score (nSPS) is 10.3. The molecule has 23 heavy (non-hydrogen) atoms. The van der Waals surface area contributed by atoms with Gasteiger partial charge in [0.05, 0.1) is 6.42 Å². The maximum atomic E-state index is 11.9. The van der Waals surface area contributed by atoms with E-state index < -0.39 is 5.97 Å². The Kier molecular flexibility index (Phi) is 4.60. The molecule has 0 bridgehead atoms. The number of carboxylic acids is 1. The van der Waals surface area contributed by atoms with Gasteiger partial charge in [-0.05, 0) is 31.0 Å². The molecule has 0 aliphatic rings. The van der Waals surface area contributed by atoms with Crippen molar-refractivity contribution in [1.29, 1.82) is 0 Å². The summed E-state index contributed by atoms with van der Waals surface area (Å²) in [5, 5.41) is 13.3. The Morgan fingerprint density at radius 3 is 2.57 bits per heavy atom. The van der Waals surface area contributed by atoms with E-state index in [0.717, 1.165) is 11.1 Å². The highest BCUT2D eigenvalue weighted by Crippen LogP contribution is 2.28. The van der Waals surface area contributed by atoms with Crippen molar-refractivity contribution in [2.24, 2.45) is 0 Å². The topological polar surface area (TPSA) is 80.4 Å². The maximum absolute atomic E-state index is 11.9. The number of hydrogen-bond donors (Lipinski definition) is 1. The number of rotatable bonds is 6. The van der Waals surface area contributed by atoms with Crippen LogP contribution in [0.2, 0.25) is 0 Å². The van der Waals surface area contributed by atoms with E-state index in [4.69, 9.17) is 4.52 Å². The third-order valence-electron chi connectivity index (χ3n) is 3.68. The van der Waals surface area contributed by atoms with E-state index in [1.54, 1.807) is 6.07 Å². The molecule has 1 N–H and O–H groups in total. The van der Waals surface area contributed by atoms with Crippen LogP contribution >= 0.6 is 0 Å². The van der Waals surface area contributed by atoms with Gasteiger partial charge in [-0.2, -0.15) is 0 Å². The summed E-state index contributed by atoms with van der Waals surface area (Å²) in [4.78, 5) is 23.5. The lowest BCUT2D eigenvalue weighted by Gasteiger charge is -2.03. The quantitative estimate of drug-likeness (QED) is 0.652. The van der Waals surface area contributed by atoms with Crippen molar-refractivity contribution in [2.45, 2.75) is 20.3 Å². The van der Waals surface area contributed by atoms with Gasteiger partial charge in [-0.1, -0.05) is 36.5 Å². The van der Waals surface area contributed by atoms with Gasteiger partial charge in [-0.15, -0.1) is 0 Å². The molecule has 0 aliphatic heterocycles. The number of nitrogens with zero attached hydrogens (tertiary/aromatic N) is 1. The van der Waals surface area contributed by atoms with Crippen LogP contribution < -0.4 is 0 Å². The van der Waals surface area contributed by atoms with Crippen molar-refractivity contribution >= 4 is 11.8 Å². The van der Waals surface area contributed by atoms with Crippen molar-refractivity contribution in [2.75, 3.05) is 0 Å². The minimum absolute atomic E-state index is 0.0127. The van der Waals surface area contributed by atoms with Gasteiger partial charge in [0.1, 0.15) is 11.3 Å². The first kappa shape index (κ1) is 16.4. The first-order valence-corrected chi connectivity index (χ1v) is 6.99. The Hall–Kier alpha value is -2.95. The summed E-state index contributed by atoms with van der Waals surface area (Å²) in [7, 11) is 0. The Bertz CT molecular complexity index is 814. The fourth-order valence-corrected chi connectivity index (χ4v) is 2.12. The standard InChI is InChI=1S/C18H17NO4/c1-5-10(2)14(20)9-15-16(18(21)22)17(19-23-15)13-7-6-11(3)12(4)8-13/h5-8H,1-2,9H2,3-4H3,(H,21,22). The first-order chi connectivity index (χ1) is 10.8. The summed E-state index contributed by atoms with van der Waals surface area (Å²) in [6, 6.07) is 5.50. The van der Waals surface area contributed by atoms with Crippen LogP contribution in [0.1, 0.15) is 27.2 Å². The molecule has 0 saturated heterocycles. The predicted molar refractivity (Wildman–Crippen MR) is 86.4 cm³/mol. The van der Waals surface area contributed by atoms with Crippen LogP contribution in [0.3, 0.4) is 0 Å². The van der Waals surface area contributed by atoms with Crippen molar-refractivity contribution in [3.05, 3.63) is 65.5 Å². The number of allylic oxidation sites excluding steroid dienone is 2. The van der Waals surface area contributed by atoms with Gasteiger partial charge in [-0.3, -0.25) is 4.79 Å². The third-order valence-corrected chi connectivity index (χ3v) is 3.68. The number of carbonyl (C=O) groups excluding carboxylic acids is 1. The number of hydrogen-bond acceptors (Lipinski definition) is 4. The van der Waals surface area contributed by atoms with E-state index in [2.05, 4.69) is 18.3 Å². The summed E-state index contributed by atoms with van der Waals surface area (Å²) in [5.41, 5.74) is 3.05. The minimum Gasteiger partial charge on any atom is -0.477 e. The lowest BCUT2D eigenvalue weighted by Crippen LogP contribution is -2.08. The highest BCUT2D eigenvalue weighted by Gasteiger charge is 2.25. The number of ketones is 1. The zero-order chi connectivity index (χ0) is 17.1. The van der Waals surface area contributed by atoms with Crippen LogP contribution in [-0.2, 0) is 11.2 Å². The minimum atomic E-state index is -1.19. The van der Waals surface area contributed by atoms with Gasteiger partial charge in [0.2, 0.25) is 0 Å². The monoisotopic (exact) mass is 311 g/mol. The number of aromatic nitrogens is 1. The molecule has 0 unspecified atom stereocenters. The zero-order valence-electron chi connectivity index (χ0n) is 13.0. The Labute approximate surface area is 133 Å². The maximum Gasteiger partial charge on any atom is 0.341 e. The molecule has 2 aromatic rings. The SMILES string of the molecule is C=CC(=C)C(=O)Cc1onc(-c2ccc(C)c(C)c2)c1C(=O)O. The molecule has 5 nitrogen and oxygen atoms in total. The number of carboxylic acid groups (broad SMARTS) is 1. The molecule has 0 spiro atoms. The lowest BCUT2D eigenvalue weighted by molar-refractivity contribution is -0.114. The fraction of sp³-hybridized carbons (Fsp3) is 0.167. The average molecular weight is 311 g/mol. The number of aryl methyl sites for hydroxylation is 2. The molecule has 0 aliphatic carbocycles. The van der Waals surface area contributed by atoms with E-state index >= 15 is 0 Å². The summed E-state index contributed by atoms with van der Waals surface area (Å²) in [6.07, 6.45) is 1.10. The predicted octanol–water partition coefficient (Wildman–Crippen LogP) is 3.51. The Morgan fingerprint density at radius 2 is 2.00 bits per heavy atom. The largest absolute Gasteiger partial charge is 0.477 e. The summed E-state index contributed by atoms with van der Waals surface area (Å²) >= 11 is 0. The van der Waals surface area contributed by atoms with Crippen LogP contribution in [0.5, 0.6) is 0 Å². The van der Waals surface area contributed by atoms with Gasteiger partial charge in [0.25, 0.3) is 0 Å². The van der Waals surface area contributed by atoms with Gasteiger partial charge >= 0.3 is 5.97 Å². The first-order valence-electron chi connectivity index (χ1n) is 6.99. The molecule has 0 amide bonds. The highest BCUT2D eigenvalue weighted by molar-refractivity contribution is 6.01. The van der Waals surface area contributed by atoms with Gasteiger partial charge in [-0.25, -0.2) is 4.79 Å². The highest BCUT2D eigenvalue weighted by atomic mass is 16.5. The molecule has 0 fully saturated rings. The zero-order valence-corrected chi connectivity index (χ0v) is 13.0. The Morgan fingerprint density at radius 1 is 1.30 bits per heavy atom. The molecule has 1 heterocycles. The van der Waals surface area contributed by atoms with E-state index in [1.807, 2.05) is 26.0 Å². The van der Waals surface area contributed by atoms with Crippen molar-refractivity contribution < 1.29 is 19.2 Å². The summed E-state index contributed by atoms with van der Waals surface area (Å²) in [5.74, 6) is -1.53. The van der Waals surface area contributed by atoms with Crippen LogP contribution in [-0.4, -0.2) is 22.0 Å². The van der Waals surface area contributed by atoms with Gasteiger partial charge < -0.3 is 9.63 Å². The molecule has 1 aromatic carbocycles. The van der Waals surface area contributed by atoms with Crippen LogP contribution in [0.15, 0.2) is 47.5 Å². The number of Topliss-reactive ketones (excluding diaryl/α,β-unsaturated/α-hetero) is 1. The van der Waals surface area contributed by atoms with E-state index in [1.165, 1.54) is 6.08 Å². The molecule has 0 atom stereocenters. The number of benzene rings is 1. The van der Waals surface area contributed by atoms with E-state index in [9.17, 15) is 14.7 Å². The van der Waals surface area contributed by atoms with Crippen molar-refractivity contribution in [3.8, 4) is 11.3 Å². The molecule has 5 heteroatoms. The molecule has 2 rings (SSSR count). The summed E-state index contributed by atoms with van der Waals surface area (Å²) in [6.45, 7) is 10.9. The summed E-state index contributed by atoms with van der Waals surface area (Å²) < 4.78 is 5.12.